The number of alkyl halides is 1. The smallest absolute Gasteiger partial charge is 0.233 e. The first-order chi connectivity index (χ1) is 15.3. The predicted molar refractivity (Wildman–Crippen MR) is 127 cm³/mol. The Balaban J connectivity index is 0.00000306. The van der Waals surface area contributed by atoms with Gasteiger partial charge in [0.1, 0.15) is 11.9 Å². The number of halogens is 2. The zero-order chi connectivity index (χ0) is 22.8. The minimum Gasteiger partial charge on any atom is -0.489 e. The van der Waals surface area contributed by atoms with E-state index < -0.39 is 24.1 Å². The van der Waals surface area contributed by atoms with Gasteiger partial charge in [0.2, 0.25) is 11.8 Å². The van der Waals surface area contributed by atoms with E-state index in [1.807, 2.05) is 32.0 Å². The van der Waals surface area contributed by atoms with Crippen LogP contribution in [0.15, 0.2) is 24.3 Å². The lowest BCUT2D eigenvalue weighted by Crippen LogP contribution is -2.47. The summed E-state index contributed by atoms with van der Waals surface area (Å²) in [4.78, 5) is 31.2. The average molecular weight is 484 g/mol. The molecule has 33 heavy (non-hydrogen) atoms. The Bertz CT molecular complexity index is 806. The number of likely N-dealkylation sites (tertiary alicyclic amines) is 1. The Morgan fingerprint density at radius 1 is 1.03 bits per heavy atom. The average Bonchev–Trinajstić information content (AvgIpc) is 2.99. The molecule has 2 amide bonds. The van der Waals surface area contributed by atoms with E-state index in [1.54, 1.807) is 0 Å². The Kier molecular flexibility index (Phi) is 8.59. The number of nitrogens with zero attached hydrogens (tertiary/aromatic N) is 3. The molecule has 0 aromatic heterocycles. The van der Waals surface area contributed by atoms with Gasteiger partial charge >= 0.3 is 0 Å². The van der Waals surface area contributed by atoms with E-state index in [-0.39, 0.29) is 43.2 Å². The van der Waals surface area contributed by atoms with Crippen LogP contribution < -0.4 is 9.64 Å². The topological polar surface area (TPSA) is 73.3 Å². The molecule has 9 heteroatoms. The molecular formula is C24H35ClFN3O4. The van der Waals surface area contributed by atoms with E-state index in [0.29, 0.717) is 13.0 Å². The monoisotopic (exact) mass is 483 g/mol. The summed E-state index contributed by atoms with van der Waals surface area (Å²) in [6.07, 6.45) is -1.73. The maximum Gasteiger partial charge on any atom is 0.233 e. The molecule has 1 aromatic rings. The second-order valence-electron chi connectivity index (χ2n) is 9.41. The Morgan fingerprint density at radius 2 is 1.67 bits per heavy atom. The van der Waals surface area contributed by atoms with E-state index >= 15 is 0 Å². The summed E-state index contributed by atoms with van der Waals surface area (Å²) in [5, 5.41) is 9.75. The largest absolute Gasteiger partial charge is 0.489 e. The van der Waals surface area contributed by atoms with E-state index in [4.69, 9.17) is 4.74 Å². The second kappa shape index (κ2) is 11.0. The van der Waals surface area contributed by atoms with Crippen LogP contribution in [0.3, 0.4) is 0 Å². The molecule has 2 saturated heterocycles. The lowest BCUT2D eigenvalue weighted by Gasteiger charge is -2.37. The van der Waals surface area contributed by atoms with E-state index in [1.165, 1.54) is 4.90 Å². The molecule has 4 atom stereocenters. The fourth-order valence-corrected chi connectivity index (χ4v) is 5.15. The molecule has 2 heterocycles. The van der Waals surface area contributed by atoms with Gasteiger partial charge in [0.15, 0.2) is 0 Å². The number of hydrogen-bond acceptors (Lipinski definition) is 6. The number of anilines is 1. The van der Waals surface area contributed by atoms with Crippen molar-refractivity contribution in [1.29, 1.82) is 0 Å². The number of ether oxygens (including phenoxy) is 1. The van der Waals surface area contributed by atoms with Crippen molar-refractivity contribution in [2.45, 2.75) is 51.5 Å². The number of amides is 2. The molecule has 4 unspecified atom stereocenters. The van der Waals surface area contributed by atoms with Crippen molar-refractivity contribution in [2.24, 2.45) is 11.8 Å². The van der Waals surface area contributed by atoms with Gasteiger partial charge in [-0.05, 0) is 51.8 Å². The first-order valence-electron chi connectivity index (χ1n) is 11.8. The van der Waals surface area contributed by atoms with Gasteiger partial charge in [-0.15, -0.1) is 12.4 Å². The maximum atomic E-state index is 13.8. The van der Waals surface area contributed by atoms with Crippen molar-refractivity contribution in [2.75, 3.05) is 44.2 Å². The third-order valence-corrected chi connectivity index (χ3v) is 6.84. The highest BCUT2D eigenvalue weighted by Crippen LogP contribution is 2.39. The molecule has 1 aromatic carbocycles. The van der Waals surface area contributed by atoms with Gasteiger partial charge in [0, 0.05) is 32.7 Å². The van der Waals surface area contributed by atoms with Gasteiger partial charge in [-0.2, -0.15) is 0 Å². The van der Waals surface area contributed by atoms with Crippen LogP contribution in [0.4, 0.5) is 10.1 Å². The molecule has 1 aliphatic carbocycles. The van der Waals surface area contributed by atoms with Gasteiger partial charge < -0.3 is 14.7 Å². The number of benzene rings is 1. The molecule has 2 aliphatic heterocycles. The summed E-state index contributed by atoms with van der Waals surface area (Å²) in [6.45, 7) is 8.80. The van der Waals surface area contributed by atoms with Crippen molar-refractivity contribution in [3.63, 3.8) is 0 Å². The Hall–Kier alpha value is -1.90. The molecule has 0 radical (unpaired) electrons. The number of para-hydroxylation sites is 2. The molecule has 4 rings (SSSR count). The van der Waals surface area contributed by atoms with Gasteiger partial charge in [-0.25, -0.2) is 4.39 Å². The highest BCUT2D eigenvalue weighted by Gasteiger charge is 2.52. The number of carbonyl (C=O) groups is 2. The summed E-state index contributed by atoms with van der Waals surface area (Å²) in [5.74, 6) is -0.749. The van der Waals surface area contributed by atoms with Crippen LogP contribution in [-0.2, 0) is 9.59 Å². The van der Waals surface area contributed by atoms with Crippen LogP contribution in [0.2, 0.25) is 0 Å². The van der Waals surface area contributed by atoms with E-state index in [2.05, 4.69) is 15.9 Å². The Labute approximate surface area is 201 Å². The molecule has 1 saturated carbocycles. The summed E-state index contributed by atoms with van der Waals surface area (Å²) in [7, 11) is 0. The third kappa shape index (κ3) is 5.61. The van der Waals surface area contributed by atoms with Crippen molar-refractivity contribution in [1.82, 2.24) is 9.80 Å². The minimum absolute atomic E-state index is 0. The van der Waals surface area contributed by atoms with Crippen LogP contribution in [-0.4, -0.2) is 84.4 Å². The van der Waals surface area contributed by atoms with Crippen molar-refractivity contribution < 1.29 is 23.8 Å². The molecule has 0 bridgehead atoms. The lowest BCUT2D eigenvalue weighted by molar-refractivity contribution is -0.140. The number of aliphatic hydroxyl groups excluding tert-OH is 1. The van der Waals surface area contributed by atoms with E-state index in [0.717, 1.165) is 44.2 Å². The van der Waals surface area contributed by atoms with Crippen LogP contribution in [0.5, 0.6) is 5.75 Å². The summed E-state index contributed by atoms with van der Waals surface area (Å²) >= 11 is 0. The van der Waals surface area contributed by atoms with Crippen LogP contribution in [0, 0.1) is 11.8 Å². The van der Waals surface area contributed by atoms with Gasteiger partial charge in [0.25, 0.3) is 0 Å². The minimum atomic E-state index is -1.42. The van der Waals surface area contributed by atoms with E-state index in [9.17, 15) is 19.1 Å². The normalized spacial score (nSPS) is 28.2. The van der Waals surface area contributed by atoms with Crippen molar-refractivity contribution in [3.05, 3.63) is 24.3 Å². The molecule has 0 spiro atoms. The number of imide groups is 1. The molecular weight excluding hydrogens is 449 g/mol. The molecule has 3 fully saturated rings. The quantitative estimate of drug-likeness (QED) is 0.601. The summed E-state index contributed by atoms with van der Waals surface area (Å²) in [6, 6.07) is 8.12. The number of fused-ring (bicyclic) bond motifs is 1. The van der Waals surface area contributed by atoms with Crippen LogP contribution in [0.25, 0.3) is 0 Å². The summed E-state index contributed by atoms with van der Waals surface area (Å²) < 4.78 is 19.8. The first-order valence-corrected chi connectivity index (χ1v) is 11.8. The lowest BCUT2D eigenvalue weighted by atomic mass is 9.78. The number of carbonyl (C=O) groups excluding carboxylic acids is 2. The number of piperazine rings is 1. The van der Waals surface area contributed by atoms with Gasteiger partial charge in [0.05, 0.1) is 29.7 Å². The Morgan fingerprint density at radius 3 is 2.33 bits per heavy atom. The number of hydrogen-bond donors (Lipinski definition) is 1. The standard InChI is InChI=1S/C24H34FN3O4.ClH/c1-16(2)32-22-7-4-3-6-20(22)27-12-10-26(11-13-27)8-5-9-28-23(30)17-14-19(25)21(29)15-18(17)24(28)31;/h3-4,6-7,16-19,21,29H,5,8-15H2,1-2H3;1H. The van der Waals surface area contributed by atoms with Crippen molar-refractivity contribution >= 4 is 29.9 Å². The number of rotatable bonds is 7. The zero-order valence-corrected chi connectivity index (χ0v) is 20.2. The third-order valence-electron chi connectivity index (χ3n) is 6.84. The second-order valence-corrected chi connectivity index (χ2v) is 9.41. The number of aliphatic hydroxyl groups is 1. The highest BCUT2D eigenvalue weighted by atomic mass is 35.5. The summed E-state index contributed by atoms with van der Waals surface area (Å²) in [5.41, 5.74) is 1.12. The fourth-order valence-electron chi connectivity index (χ4n) is 5.15. The fraction of sp³-hybridized carbons (Fsp3) is 0.667. The first kappa shape index (κ1) is 25.7. The molecule has 7 nitrogen and oxygen atoms in total. The molecule has 184 valence electrons. The van der Waals surface area contributed by atoms with Crippen LogP contribution in [0.1, 0.15) is 33.1 Å². The van der Waals surface area contributed by atoms with Crippen molar-refractivity contribution in [3.8, 4) is 5.75 Å². The predicted octanol–water partition coefficient (Wildman–Crippen LogP) is 2.50. The maximum absolute atomic E-state index is 13.8. The van der Waals surface area contributed by atoms with Gasteiger partial charge in [-0.1, -0.05) is 12.1 Å². The molecule has 1 N–H and O–H groups in total. The SMILES string of the molecule is CC(C)Oc1ccccc1N1CCN(CCCN2C(=O)C3CC(O)C(F)CC3C2=O)CC1.Cl. The highest BCUT2D eigenvalue weighted by molar-refractivity contribution is 6.05. The zero-order valence-electron chi connectivity index (χ0n) is 19.4. The van der Waals surface area contributed by atoms with Crippen LogP contribution >= 0.6 is 12.4 Å². The molecule has 3 aliphatic rings. The van der Waals surface area contributed by atoms with Gasteiger partial charge in [-0.3, -0.25) is 19.4 Å².